The Morgan fingerprint density at radius 2 is 2.00 bits per heavy atom. The minimum absolute atomic E-state index is 0.0535. The van der Waals surface area contributed by atoms with Crippen molar-refractivity contribution in [2.45, 2.75) is 69.6 Å². The highest BCUT2D eigenvalue weighted by atomic mass is 35.5. The van der Waals surface area contributed by atoms with Gasteiger partial charge >= 0.3 is 0 Å². The van der Waals surface area contributed by atoms with Gasteiger partial charge < -0.3 is 5.11 Å². The van der Waals surface area contributed by atoms with Crippen molar-refractivity contribution in [3.8, 4) is 6.07 Å². The first-order chi connectivity index (χ1) is 19.4. The number of carbonyl (C=O) groups excluding carboxylic acids is 2. The van der Waals surface area contributed by atoms with Crippen LogP contribution in [0.5, 0.6) is 0 Å². The zero-order chi connectivity index (χ0) is 29.4. The number of alkyl halides is 2. The van der Waals surface area contributed by atoms with Crippen molar-refractivity contribution in [2.75, 3.05) is 12.3 Å². The molecule has 6 rings (SSSR count). The van der Waals surface area contributed by atoms with Crippen LogP contribution in [0.4, 0.5) is 8.78 Å². The van der Waals surface area contributed by atoms with E-state index in [4.69, 9.17) is 21.7 Å². The molecule has 41 heavy (non-hydrogen) atoms. The summed E-state index contributed by atoms with van der Waals surface area (Å²) in [6.07, 6.45) is 1.20. The Hall–Kier alpha value is -2.09. The summed E-state index contributed by atoms with van der Waals surface area (Å²) in [5.41, 5.74) is -5.04. The number of hydroxylamine groups is 2. The SMILES string of the molecule is CC12C[C@H](O)[C@@]3(F)[C@@H](C[C@H](F)C4=CC(=O)C=C[C@@]43C)[C@@H]1C[C@H]1CN(Cc3ccc(Cl)cc3)O[C@]12C(=O)SCCC#N. The highest BCUT2D eigenvalue weighted by Gasteiger charge is 2.79. The van der Waals surface area contributed by atoms with Crippen molar-refractivity contribution in [1.29, 1.82) is 5.26 Å². The Balaban J connectivity index is 1.39. The standard InChI is InChI=1S/C31H33ClF2N2O4S/c1-28-9-8-21(37)13-24(28)25(33)14-23-22-12-19-17-36(16-18-4-6-20(32)7-5-18)40-31(19,27(39)41-11-3-10-35)29(22,2)15-26(38)30(23,28)34/h4-9,13,19,22-23,25-26,38H,3,11-12,14-17H2,1-2H3/t19-,22-,23-,25-,26-,28-,29?,30-,31-/m0/s1. The Bertz CT molecular complexity index is 1380. The molecule has 0 bridgehead atoms. The van der Waals surface area contributed by atoms with Crippen molar-refractivity contribution >= 4 is 34.3 Å². The average Bonchev–Trinajstić information content (AvgIpc) is 3.40. The fraction of sp³-hybridized carbons (Fsp3) is 0.581. The molecule has 6 nitrogen and oxygen atoms in total. The molecule has 0 aromatic heterocycles. The van der Waals surface area contributed by atoms with Gasteiger partial charge in [-0.25, -0.2) is 8.78 Å². The van der Waals surface area contributed by atoms with Crippen molar-refractivity contribution in [2.24, 2.45) is 28.6 Å². The van der Waals surface area contributed by atoms with Gasteiger partial charge in [-0.15, -0.1) is 0 Å². The lowest BCUT2D eigenvalue weighted by Gasteiger charge is -2.63. The highest BCUT2D eigenvalue weighted by Crippen LogP contribution is 2.73. The molecule has 1 heterocycles. The maximum Gasteiger partial charge on any atom is 0.223 e. The minimum atomic E-state index is -2.22. The van der Waals surface area contributed by atoms with E-state index in [1.807, 2.05) is 19.1 Å². The number of nitriles is 1. The molecule has 218 valence electrons. The van der Waals surface area contributed by atoms with Crippen LogP contribution < -0.4 is 0 Å². The lowest BCUT2D eigenvalue weighted by Crippen LogP contribution is -2.70. The highest BCUT2D eigenvalue weighted by molar-refractivity contribution is 8.13. The zero-order valence-corrected chi connectivity index (χ0v) is 24.6. The Labute approximate surface area is 247 Å². The number of halogens is 3. The molecular formula is C31H33ClF2N2O4S. The lowest BCUT2D eigenvalue weighted by molar-refractivity contribution is -0.266. The predicted octanol–water partition coefficient (Wildman–Crippen LogP) is 5.54. The fourth-order valence-electron chi connectivity index (χ4n) is 8.85. The van der Waals surface area contributed by atoms with Gasteiger partial charge in [-0.05, 0) is 67.5 Å². The fourth-order valence-corrected chi connectivity index (χ4v) is 10.0. The van der Waals surface area contributed by atoms with Crippen LogP contribution in [0.25, 0.3) is 0 Å². The molecule has 4 aliphatic carbocycles. The first-order valence-electron chi connectivity index (χ1n) is 14.1. The zero-order valence-electron chi connectivity index (χ0n) is 23.0. The van der Waals surface area contributed by atoms with E-state index in [0.717, 1.165) is 17.3 Å². The summed E-state index contributed by atoms with van der Waals surface area (Å²) in [4.78, 5) is 32.9. The molecular weight excluding hydrogens is 570 g/mol. The quantitative estimate of drug-likeness (QED) is 0.442. The van der Waals surface area contributed by atoms with Crippen LogP contribution in [0, 0.1) is 39.9 Å². The van der Waals surface area contributed by atoms with E-state index in [0.29, 0.717) is 30.3 Å². The normalized spacial score (nSPS) is 43.0. The number of benzene rings is 1. The first kappa shape index (κ1) is 29.0. The predicted molar refractivity (Wildman–Crippen MR) is 151 cm³/mol. The first-order valence-corrected chi connectivity index (χ1v) is 15.5. The molecule has 1 aliphatic heterocycles. The topological polar surface area (TPSA) is 90.6 Å². The molecule has 10 heteroatoms. The van der Waals surface area contributed by atoms with E-state index in [-0.39, 0.29) is 41.7 Å². The van der Waals surface area contributed by atoms with E-state index >= 15 is 8.78 Å². The largest absolute Gasteiger partial charge is 0.390 e. The monoisotopic (exact) mass is 602 g/mol. The molecule has 1 unspecified atom stereocenters. The number of hydrogen-bond acceptors (Lipinski definition) is 7. The number of carbonyl (C=O) groups is 2. The van der Waals surface area contributed by atoms with Crippen molar-refractivity contribution < 1.29 is 28.3 Å². The third-order valence-electron chi connectivity index (χ3n) is 10.7. The third-order valence-corrected chi connectivity index (χ3v) is 11.9. The van der Waals surface area contributed by atoms with Crippen molar-refractivity contribution in [1.82, 2.24) is 5.06 Å². The van der Waals surface area contributed by atoms with Crippen LogP contribution in [0.1, 0.15) is 45.1 Å². The van der Waals surface area contributed by atoms with Crippen LogP contribution >= 0.6 is 23.4 Å². The van der Waals surface area contributed by atoms with Gasteiger partial charge in [0.2, 0.25) is 5.12 Å². The Kier molecular flexibility index (Phi) is 7.07. The summed E-state index contributed by atoms with van der Waals surface area (Å²) in [6, 6.07) is 9.42. The lowest BCUT2D eigenvalue weighted by atomic mass is 9.44. The second-order valence-corrected chi connectivity index (χ2v) is 14.1. The molecule has 1 aromatic rings. The number of aliphatic hydroxyl groups excluding tert-OH is 1. The second-order valence-electron chi connectivity index (χ2n) is 12.6. The van der Waals surface area contributed by atoms with Crippen LogP contribution in [0.2, 0.25) is 5.02 Å². The molecule has 5 aliphatic rings. The molecule has 0 spiro atoms. The van der Waals surface area contributed by atoms with E-state index in [1.54, 1.807) is 24.1 Å². The summed E-state index contributed by atoms with van der Waals surface area (Å²) in [6.45, 7) is 4.28. The van der Waals surface area contributed by atoms with Gasteiger partial charge in [0.05, 0.1) is 12.2 Å². The van der Waals surface area contributed by atoms with Crippen molar-refractivity contribution in [3.63, 3.8) is 0 Å². The number of aliphatic hydroxyl groups is 1. The Morgan fingerprint density at radius 1 is 1.27 bits per heavy atom. The maximum atomic E-state index is 17.6. The molecule has 1 aromatic carbocycles. The number of nitrogens with zero attached hydrogens (tertiary/aromatic N) is 2. The molecule has 0 radical (unpaired) electrons. The summed E-state index contributed by atoms with van der Waals surface area (Å²) >= 11 is 7.10. The van der Waals surface area contributed by atoms with Crippen LogP contribution in [0.15, 0.2) is 48.1 Å². The van der Waals surface area contributed by atoms with E-state index < -0.39 is 46.2 Å². The second kappa shape index (κ2) is 9.99. The van der Waals surface area contributed by atoms with Gasteiger partial charge in [0.25, 0.3) is 0 Å². The van der Waals surface area contributed by atoms with Gasteiger partial charge in [-0.3, -0.25) is 14.4 Å². The number of thioether (sulfide) groups is 1. The third kappa shape index (κ3) is 3.97. The summed E-state index contributed by atoms with van der Waals surface area (Å²) in [5.74, 6) is -1.74. The van der Waals surface area contributed by atoms with Gasteiger partial charge in [0.1, 0.15) is 6.17 Å². The van der Waals surface area contributed by atoms with Crippen LogP contribution in [-0.4, -0.2) is 56.9 Å². The summed E-state index contributed by atoms with van der Waals surface area (Å²) in [7, 11) is 0. The number of hydrogen-bond donors (Lipinski definition) is 1. The number of fused-ring (bicyclic) bond motifs is 7. The minimum Gasteiger partial charge on any atom is -0.390 e. The number of rotatable bonds is 5. The number of ketones is 1. The molecule has 1 saturated heterocycles. The molecule has 9 atom stereocenters. The van der Waals surface area contributed by atoms with Gasteiger partial charge in [0.15, 0.2) is 17.1 Å². The van der Waals surface area contributed by atoms with Crippen LogP contribution in [0.3, 0.4) is 0 Å². The van der Waals surface area contributed by atoms with E-state index in [2.05, 4.69) is 6.07 Å². The Morgan fingerprint density at radius 3 is 2.71 bits per heavy atom. The smallest absolute Gasteiger partial charge is 0.223 e. The molecule has 4 fully saturated rings. The van der Waals surface area contributed by atoms with Gasteiger partial charge in [-0.2, -0.15) is 10.3 Å². The summed E-state index contributed by atoms with van der Waals surface area (Å²) in [5, 5.41) is 22.9. The van der Waals surface area contributed by atoms with E-state index in [9.17, 15) is 14.7 Å². The van der Waals surface area contributed by atoms with Gasteiger partial charge in [-0.1, -0.05) is 48.5 Å². The average molecular weight is 603 g/mol. The van der Waals surface area contributed by atoms with E-state index in [1.165, 1.54) is 18.2 Å². The van der Waals surface area contributed by atoms with Crippen molar-refractivity contribution in [3.05, 3.63) is 58.7 Å². The number of allylic oxidation sites excluding steroid dienone is 4. The molecule has 0 amide bonds. The molecule has 3 saturated carbocycles. The summed E-state index contributed by atoms with van der Waals surface area (Å²) < 4.78 is 33.4. The van der Waals surface area contributed by atoms with Crippen LogP contribution in [-0.2, 0) is 21.0 Å². The maximum absolute atomic E-state index is 17.6. The molecule has 1 N–H and O–H groups in total. The van der Waals surface area contributed by atoms with Gasteiger partial charge in [0, 0.05) is 53.0 Å².